The molecule has 1 amide bonds. The number of carboxylic acids is 1. The summed E-state index contributed by atoms with van der Waals surface area (Å²) in [5, 5.41) is 11.6. The van der Waals surface area contributed by atoms with Crippen LogP contribution in [0.15, 0.2) is 36.4 Å². The Morgan fingerprint density at radius 3 is 2.52 bits per heavy atom. The zero-order chi connectivity index (χ0) is 19.8. The minimum Gasteiger partial charge on any atom is -0.497 e. The van der Waals surface area contributed by atoms with Crippen molar-refractivity contribution in [3.8, 4) is 17.2 Å². The minimum absolute atomic E-state index is 0.277. The van der Waals surface area contributed by atoms with E-state index in [0.717, 1.165) is 16.9 Å². The highest BCUT2D eigenvalue weighted by molar-refractivity contribution is 5.94. The lowest BCUT2D eigenvalue weighted by Crippen LogP contribution is -2.23. The Kier molecular flexibility index (Phi) is 7.05. The molecule has 0 spiro atoms. The van der Waals surface area contributed by atoms with Crippen LogP contribution in [0.5, 0.6) is 17.2 Å². The van der Waals surface area contributed by atoms with E-state index < -0.39 is 12.6 Å². The summed E-state index contributed by atoms with van der Waals surface area (Å²) in [6.45, 7) is 3.97. The maximum Gasteiger partial charge on any atom is 0.341 e. The van der Waals surface area contributed by atoms with Gasteiger partial charge in [0.2, 0.25) is 0 Å². The number of ether oxygens (including phenoxy) is 3. The van der Waals surface area contributed by atoms with Crippen molar-refractivity contribution < 1.29 is 28.9 Å². The summed E-state index contributed by atoms with van der Waals surface area (Å²) in [5.74, 6) is -0.0327. The van der Waals surface area contributed by atoms with E-state index >= 15 is 0 Å². The van der Waals surface area contributed by atoms with E-state index in [1.807, 2.05) is 25.1 Å². The van der Waals surface area contributed by atoms with Gasteiger partial charge in [-0.05, 0) is 55.3 Å². The van der Waals surface area contributed by atoms with Gasteiger partial charge < -0.3 is 24.6 Å². The Hall–Kier alpha value is -3.22. The van der Waals surface area contributed by atoms with E-state index in [9.17, 15) is 9.59 Å². The molecule has 0 saturated heterocycles. The number of rotatable bonds is 9. The predicted octanol–water partition coefficient (Wildman–Crippen LogP) is 2.80. The molecule has 7 heteroatoms. The lowest BCUT2D eigenvalue weighted by molar-refractivity contribution is -0.139. The van der Waals surface area contributed by atoms with E-state index in [2.05, 4.69) is 5.32 Å². The highest BCUT2D eigenvalue weighted by Gasteiger charge is 2.13. The first-order chi connectivity index (χ1) is 12.9. The molecule has 0 heterocycles. The monoisotopic (exact) mass is 373 g/mol. The van der Waals surface area contributed by atoms with E-state index in [4.69, 9.17) is 19.3 Å². The van der Waals surface area contributed by atoms with Crippen LogP contribution in [0.1, 0.15) is 28.4 Å². The summed E-state index contributed by atoms with van der Waals surface area (Å²) in [6, 6.07) is 10.4. The highest BCUT2D eigenvalue weighted by atomic mass is 16.5. The third-order valence-electron chi connectivity index (χ3n) is 3.66. The summed E-state index contributed by atoms with van der Waals surface area (Å²) >= 11 is 0. The van der Waals surface area contributed by atoms with Crippen LogP contribution in [-0.4, -0.2) is 37.3 Å². The second-order valence-electron chi connectivity index (χ2n) is 5.82. The van der Waals surface area contributed by atoms with Crippen molar-refractivity contribution in [2.24, 2.45) is 0 Å². The van der Waals surface area contributed by atoms with E-state index in [0.29, 0.717) is 24.5 Å². The van der Waals surface area contributed by atoms with Gasteiger partial charge in [-0.3, -0.25) is 4.79 Å². The number of carboxylic acid groups (broad SMARTS) is 1. The number of aliphatic carboxylic acids is 1. The van der Waals surface area contributed by atoms with Crippen molar-refractivity contribution in [2.45, 2.75) is 20.4 Å². The van der Waals surface area contributed by atoms with Gasteiger partial charge >= 0.3 is 5.97 Å². The summed E-state index contributed by atoms with van der Waals surface area (Å²) in [5.41, 5.74) is 2.35. The molecule has 0 bridgehead atoms. The largest absolute Gasteiger partial charge is 0.497 e. The maximum atomic E-state index is 12.5. The third kappa shape index (κ3) is 5.91. The topological polar surface area (TPSA) is 94.1 Å². The second-order valence-corrected chi connectivity index (χ2v) is 5.82. The third-order valence-corrected chi connectivity index (χ3v) is 3.66. The second kappa shape index (κ2) is 9.47. The fourth-order valence-electron chi connectivity index (χ4n) is 2.51. The highest BCUT2D eigenvalue weighted by Crippen LogP contribution is 2.28. The Labute approximate surface area is 157 Å². The maximum absolute atomic E-state index is 12.5. The molecule has 0 unspecified atom stereocenters. The first-order valence-corrected chi connectivity index (χ1v) is 8.47. The average Bonchev–Trinajstić information content (AvgIpc) is 2.64. The molecule has 0 saturated carbocycles. The molecule has 0 fully saturated rings. The predicted molar refractivity (Wildman–Crippen MR) is 99.6 cm³/mol. The lowest BCUT2D eigenvalue weighted by Gasteiger charge is -2.13. The molecule has 27 heavy (non-hydrogen) atoms. The Bertz CT molecular complexity index is 818. The number of methoxy groups -OCH3 is 1. The Morgan fingerprint density at radius 2 is 1.85 bits per heavy atom. The molecule has 0 atom stereocenters. The van der Waals surface area contributed by atoms with Gasteiger partial charge in [-0.1, -0.05) is 6.07 Å². The zero-order valence-corrected chi connectivity index (χ0v) is 15.6. The van der Waals surface area contributed by atoms with Crippen LogP contribution < -0.4 is 19.5 Å². The van der Waals surface area contributed by atoms with Crippen LogP contribution in [0.2, 0.25) is 0 Å². The van der Waals surface area contributed by atoms with Crippen LogP contribution in [0.3, 0.4) is 0 Å². The Balaban J connectivity index is 2.10. The van der Waals surface area contributed by atoms with Crippen molar-refractivity contribution in [3.05, 3.63) is 53.1 Å². The van der Waals surface area contributed by atoms with Crippen LogP contribution in [-0.2, 0) is 11.3 Å². The molecule has 0 aliphatic heterocycles. The van der Waals surface area contributed by atoms with Crippen LogP contribution in [0, 0.1) is 6.92 Å². The van der Waals surface area contributed by atoms with Gasteiger partial charge in [-0.25, -0.2) is 4.79 Å². The van der Waals surface area contributed by atoms with Gasteiger partial charge in [-0.2, -0.15) is 0 Å². The molecule has 0 aromatic heterocycles. The number of hydrogen-bond acceptors (Lipinski definition) is 5. The smallest absolute Gasteiger partial charge is 0.341 e. The van der Waals surface area contributed by atoms with Gasteiger partial charge in [0.25, 0.3) is 5.91 Å². The molecule has 0 aliphatic carbocycles. The number of carbonyl (C=O) groups excluding carboxylic acids is 1. The van der Waals surface area contributed by atoms with Gasteiger partial charge in [-0.15, -0.1) is 0 Å². The standard InChI is InChI=1S/C20H23NO6/c1-4-26-18-10-15(5-6-17(18)27-12-19(22)23)20(24)21-11-14-7-13(2)8-16(9-14)25-3/h5-10H,4,11-12H2,1-3H3,(H,21,24)(H,22,23). The van der Waals surface area contributed by atoms with Crippen LogP contribution in [0.4, 0.5) is 0 Å². The van der Waals surface area contributed by atoms with Crippen molar-refractivity contribution in [1.82, 2.24) is 5.32 Å². The normalized spacial score (nSPS) is 10.2. The molecule has 0 aliphatic rings. The minimum atomic E-state index is -1.09. The van der Waals surface area contributed by atoms with Crippen molar-refractivity contribution >= 4 is 11.9 Å². The number of aryl methyl sites for hydroxylation is 1. The first kappa shape index (κ1) is 20.1. The SMILES string of the molecule is CCOc1cc(C(=O)NCc2cc(C)cc(OC)c2)ccc1OCC(=O)O. The van der Waals surface area contributed by atoms with Crippen molar-refractivity contribution in [2.75, 3.05) is 20.3 Å². The van der Waals surface area contributed by atoms with Gasteiger partial charge in [0.1, 0.15) is 5.75 Å². The van der Waals surface area contributed by atoms with Crippen molar-refractivity contribution in [3.63, 3.8) is 0 Å². The molecule has 7 nitrogen and oxygen atoms in total. The van der Waals surface area contributed by atoms with Crippen LogP contribution in [0.25, 0.3) is 0 Å². The van der Waals surface area contributed by atoms with E-state index in [1.165, 1.54) is 12.1 Å². The van der Waals surface area contributed by atoms with Crippen LogP contribution >= 0.6 is 0 Å². The summed E-state index contributed by atoms with van der Waals surface area (Å²) in [6.07, 6.45) is 0. The fourth-order valence-corrected chi connectivity index (χ4v) is 2.51. The first-order valence-electron chi connectivity index (χ1n) is 8.47. The molecule has 2 aromatic carbocycles. The number of amides is 1. The molecule has 144 valence electrons. The van der Waals surface area contributed by atoms with E-state index in [-0.39, 0.29) is 11.7 Å². The molecule has 2 rings (SSSR count). The lowest BCUT2D eigenvalue weighted by atomic mass is 10.1. The molecule has 0 radical (unpaired) electrons. The number of benzene rings is 2. The van der Waals surface area contributed by atoms with Gasteiger partial charge in [0.05, 0.1) is 13.7 Å². The number of carbonyl (C=O) groups is 2. The summed E-state index contributed by atoms with van der Waals surface area (Å²) in [4.78, 5) is 23.1. The van der Waals surface area contributed by atoms with Gasteiger partial charge in [0, 0.05) is 12.1 Å². The molecular formula is C20H23NO6. The number of hydrogen-bond donors (Lipinski definition) is 2. The molecule has 2 aromatic rings. The Morgan fingerprint density at radius 1 is 1.07 bits per heavy atom. The summed E-state index contributed by atoms with van der Waals surface area (Å²) in [7, 11) is 1.60. The van der Waals surface area contributed by atoms with Gasteiger partial charge in [0.15, 0.2) is 18.1 Å². The average molecular weight is 373 g/mol. The molecule has 2 N–H and O–H groups in total. The number of nitrogens with one attached hydrogen (secondary N) is 1. The summed E-state index contributed by atoms with van der Waals surface area (Å²) < 4.78 is 15.9. The molecular weight excluding hydrogens is 350 g/mol. The quantitative estimate of drug-likeness (QED) is 0.702. The van der Waals surface area contributed by atoms with E-state index in [1.54, 1.807) is 20.1 Å². The fraction of sp³-hybridized carbons (Fsp3) is 0.300. The zero-order valence-electron chi connectivity index (χ0n) is 15.6. The van der Waals surface area contributed by atoms with Crippen molar-refractivity contribution in [1.29, 1.82) is 0 Å².